The van der Waals surface area contributed by atoms with Crippen molar-refractivity contribution in [2.75, 3.05) is 41.9 Å². The van der Waals surface area contributed by atoms with Crippen LogP contribution < -0.4 is 19.9 Å². The number of benzene rings is 1. The minimum absolute atomic E-state index is 0.0430. The van der Waals surface area contributed by atoms with Crippen molar-refractivity contribution >= 4 is 23.3 Å². The molecule has 0 radical (unpaired) electrons. The Labute approximate surface area is 199 Å². The Morgan fingerprint density at radius 3 is 2.63 bits per heavy atom. The maximum atomic E-state index is 14.5. The molecule has 2 bridgehead atoms. The van der Waals surface area contributed by atoms with Crippen molar-refractivity contribution in [1.82, 2.24) is 25.0 Å². The Morgan fingerprint density at radius 1 is 1.06 bits per heavy atom. The van der Waals surface area contributed by atoms with Crippen molar-refractivity contribution in [3.63, 3.8) is 0 Å². The average molecular weight is 487 g/mol. The molecule has 1 saturated heterocycles. The molecule has 184 valence electrons. The van der Waals surface area contributed by atoms with E-state index in [1.54, 1.807) is 22.9 Å². The van der Waals surface area contributed by atoms with Crippen molar-refractivity contribution in [2.45, 2.75) is 31.8 Å². The first-order valence-electron chi connectivity index (χ1n) is 11.8. The molecule has 35 heavy (non-hydrogen) atoms. The number of piperidine rings is 1. The van der Waals surface area contributed by atoms with Gasteiger partial charge in [0.1, 0.15) is 0 Å². The molecular formula is C23H25F3N8O. The lowest BCUT2D eigenvalue weighted by Gasteiger charge is -2.39. The molecule has 2 fully saturated rings. The maximum Gasteiger partial charge on any atom is 0.244 e. The molecular weight excluding hydrogens is 461 g/mol. The van der Waals surface area contributed by atoms with Crippen LogP contribution in [0.5, 0.6) is 5.88 Å². The minimum atomic E-state index is -1.48. The summed E-state index contributed by atoms with van der Waals surface area (Å²) in [6.45, 7) is 2.78. The molecule has 1 saturated carbocycles. The Balaban J connectivity index is 1.21. The highest BCUT2D eigenvalue weighted by Gasteiger charge is 2.43. The largest absolute Gasteiger partial charge is 0.480 e. The van der Waals surface area contributed by atoms with Gasteiger partial charge in [-0.05, 0) is 43.2 Å². The molecule has 4 heterocycles. The van der Waals surface area contributed by atoms with E-state index in [1.165, 1.54) is 6.07 Å². The highest BCUT2D eigenvalue weighted by molar-refractivity contribution is 5.60. The van der Waals surface area contributed by atoms with Crippen LogP contribution in [-0.4, -0.2) is 57.7 Å². The molecule has 9 nitrogen and oxygen atoms in total. The van der Waals surface area contributed by atoms with Gasteiger partial charge in [0.2, 0.25) is 17.8 Å². The summed E-state index contributed by atoms with van der Waals surface area (Å²) in [5.41, 5.74) is 0.950. The van der Waals surface area contributed by atoms with Gasteiger partial charge in [0.25, 0.3) is 0 Å². The number of nitrogens with one attached hydrogen (secondary N) is 1. The molecule has 2 atom stereocenters. The summed E-state index contributed by atoms with van der Waals surface area (Å²) in [7, 11) is 1.58. The third-order valence-electron chi connectivity index (χ3n) is 7.27. The monoisotopic (exact) mass is 486 g/mol. The molecule has 1 aromatic carbocycles. The van der Waals surface area contributed by atoms with Crippen molar-refractivity contribution in [3.8, 4) is 5.88 Å². The van der Waals surface area contributed by atoms with E-state index in [0.29, 0.717) is 49.1 Å². The van der Waals surface area contributed by atoms with E-state index < -0.39 is 17.5 Å². The Morgan fingerprint density at radius 2 is 1.86 bits per heavy atom. The minimum Gasteiger partial charge on any atom is -0.480 e. The molecule has 6 rings (SSSR count). The van der Waals surface area contributed by atoms with Gasteiger partial charge in [-0.1, -0.05) is 0 Å². The van der Waals surface area contributed by atoms with Gasteiger partial charge in [-0.2, -0.15) is 10.1 Å². The van der Waals surface area contributed by atoms with Crippen LogP contribution in [-0.2, 0) is 6.54 Å². The van der Waals surface area contributed by atoms with Crippen molar-refractivity contribution < 1.29 is 17.9 Å². The number of fused-ring (bicyclic) bond motifs is 3. The van der Waals surface area contributed by atoms with E-state index in [4.69, 9.17) is 4.74 Å². The van der Waals surface area contributed by atoms with Gasteiger partial charge in [-0.25, -0.2) is 17.9 Å². The van der Waals surface area contributed by atoms with E-state index in [2.05, 4.69) is 30.5 Å². The number of halogens is 3. The fraction of sp³-hybridized carbons (Fsp3) is 0.478. The van der Waals surface area contributed by atoms with Crippen LogP contribution in [0.3, 0.4) is 0 Å². The van der Waals surface area contributed by atoms with E-state index in [0.717, 1.165) is 37.7 Å². The second-order valence-corrected chi connectivity index (χ2v) is 9.29. The molecule has 3 aromatic rings. The van der Waals surface area contributed by atoms with Crippen LogP contribution in [0, 0.1) is 29.3 Å². The van der Waals surface area contributed by atoms with Crippen molar-refractivity contribution in [2.24, 2.45) is 11.8 Å². The quantitative estimate of drug-likeness (QED) is 0.550. The second kappa shape index (κ2) is 8.58. The number of hydrogen-bond donors (Lipinski definition) is 1. The third-order valence-corrected chi connectivity index (χ3v) is 7.27. The Bertz CT molecular complexity index is 1240. The molecule has 0 unspecified atom stereocenters. The van der Waals surface area contributed by atoms with Gasteiger partial charge in [-0.3, -0.25) is 0 Å². The molecule has 0 spiro atoms. The molecule has 1 N–H and O–H groups in total. The predicted molar refractivity (Wildman–Crippen MR) is 122 cm³/mol. The number of ether oxygens (including phenoxy) is 1. The zero-order valence-corrected chi connectivity index (χ0v) is 19.2. The standard InChI is InChI=1S/C23H25F3N8O/c1-35-18-9-15(10-27-30-18)32-11-13-3-4-14(12-32)21(13)28-22-29-23-33(7-2-8-34(23)31-22)17-6-5-16(24)19(25)20(17)26/h5-6,9-10,13-14,21H,2-4,7-8,11-12H2,1H3,(H,28,31)/t13-,14-/m1/s1. The third kappa shape index (κ3) is 3.80. The summed E-state index contributed by atoms with van der Waals surface area (Å²) in [6, 6.07) is 4.28. The summed E-state index contributed by atoms with van der Waals surface area (Å²) < 4.78 is 48.7. The molecule has 1 aliphatic carbocycles. The summed E-state index contributed by atoms with van der Waals surface area (Å²) in [5.74, 6) is -1.74. The number of rotatable bonds is 5. The van der Waals surface area contributed by atoms with E-state index >= 15 is 0 Å². The van der Waals surface area contributed by atoms with Crippen LogP contribution in [0.1, 0.15) is 19.3 Å². The summed E-state index contributed by atoms with van der Waals surface area (Å²) in [4.78, 5) is 8.50. The van der Waals surface area contributed by atoms with Crippen LogP contribution in [0.4, 0.5) is 36.4 Å². The van der Waals surface area contributed by atoms with E-state index in [-0.39, 0.29) is 11.7 Å². The normalized spacial score (nSPS) is 23.4. The van der Waals surface area contributed by atoms with Gasteiger partial charge >= 0.3 is 0 Å². The zero-order valence-electron chi connectivity index (χ0n) is 19.2. The van der Waals surface area contributed by atoms with Crippen molar-refractivity contribution in [3.05, 3.63) is 41.8 Å². The molecule has 0 amide bonds. The first kappa shape index (κ1) is 21.9. The second-order valence-electron chi connectivity index (χ2n) is 9.29. The van der Waals surface area contributed by atoms with Gasteiger partial charge < -0.3 is 19.9 Å². The number of nitrogens with zero attached hydrogens (tertiary/aromatic N) is 7. The van der Waals surface area contributed by atoms with Gasteiger partial charge in [0, 0.05) is 38.3 Å². The molecule has 2 aromatic heterocycles. The Hall–Kier alpha value is -3.57. The van der Waals surface area contributed by atoms with Crippen LogP contribution in [0.15, 0.2) is 24.4 Å². The summed E-state index contributed by atoms with van der Waals surface area (Å²) in [6.07, 6.45) is 4.62. The lowest BCUT2D eigenvalue weighted by molar-refractivity contribution is 0.372. The number of aromatic nitrogens is 5. The highest BCUT2D eigenvalue weighted by Crippen LogP contribution is 2.40. The Kier molecular flexibility index (Phi) is 5.37. The first-order valence-corrected chi connectivity index (χ1v) is 11.8. The zero-order chi connectivity index (χ0) is 24.1. The van der Waals surface area contributed by atoms with Crippen LogP contribution >= 0.6 is 0 Å². The van der Waals surface area contributed by atoms with Crippen LogP contribution in [0.2, 0.25) is 0 Å². The smallest absolute Gasteiger partial charge is 0.244 e. The number of hydrogen-bond acceptors (Lipinski definition) is 8. The fourth-order valence-corrected chi connectivity index (χ4v) is 5.60. The first-order chi connectivity index (χ1) is 17.0. The fourth-order valence-electron chi connectivity index (χ4n) is 5.60. The maximum absolute atomic E-state index is 14.5. The number of aryl methyl sites for hydroxylation is 1. The number of methoxy groups -OCH3 is 1. The molecule has 3 aliphatic rings. The van der Waals surface area contributed by atoms with Gasteiger partial charge in [0.15, 0.2) is 17.5 Å². The highest BCUT2D eigenvalue weighted by atomic mass is 19.2. The lowest BCUT2D eigenvalue weighted by Crippen LogP contribution is -2.48. The van der Waals surface area contributed by atoms with Gasteiger partial charge in [-0.15, -0.1) is 10.2 Å². The van der Waals surface area contributed by atoms with E-state index in [9.17, 15) is 13.2 Å². The molecule has 2 aliphatic heterocycles. The molecule has 12 heteroatoms. The van der Waals surface area contributed by atoms with Crippen LogP contribution in [0.25, 0.3) is 0 Å². The lowest BCUT2D eigenvalue weighted by atomic mass is 9.92. The predicted octanol–water partition coefficient (Wildman–Crippen LogP) is 3.36. The summed E-state index contributed by atoms with van der Waals surface area (Å²) in [5, 5.41) is 16.1. The number of anilines is 4. The SMILES string of the molecule is COc1cc(N2C[C@H]3CC[C@H](C2)C3Nc2nc3n(n2)CCCN3c2ccc(F)c(F)c2F)cnn1. The van der Waals surface area contributed by atoms with Gasteiger partial charge in [0.05, 0.1) is 24.7 Å². The van der Waals surface area contributed by atoms with Crippen molar-refractivity contribution in [1.29, 1.82) is 0 Å². The summed E-state index contributed by atoms with van der Waals surface area (Å²) >= 11 is 0. The topological polar surface area (TPSA) is 84.2 Å². The average Bonchev–Trinajstić information content (AvgIpc) is 3.38. The van der Waals surface area contributed by atoms with E-state index in [1.807, 2.05) is 6.07 Å².